The molecule has 2 bridgehead atoms. The van der Waals surface area contributed by atoms with E-state index in [9.17, 15) is 10.2 Å². The van der Waals surface area contributed by atoms with E-state index in [2.05, 4.69) is 20.2 Å². The molecule has 2 aliphatic heterocycles. The largest absolute Gasteiger partial charge is 1.00 e. The number of fused-ring (bicyclic) bond motifs is 2. The maximum absolute atomic E-state index is 10.4. The minimum atomic E-state index is 0. The Bertz CT molecular complexity index is 782. The number of para-hydroxylation sites is 2. The van der Waals surface area contributed by atoms with Crippen molar-refractivity contribution in [2.24, 2.45) is 5.92 Å². The Labute approximate surface area is 172 Å². The van der Waals surface area contributed by atoms with Crippen LogP contribution in [0.15, 0.2) is 54.6 Å². The van der Waals surface area contributed by atoms with Gasteiger partial charge in [0, 0.05) is 36.8 Å². The summed E-state index contributed by atoms with van der Waals surface area (Å²) >= 11 is 0. The van der Waals surface area contributed by atoms with Gasteiger partial charge in [-0.25, -0.2) is 0 Å². The van der Waals surface area contributed by atoms with Crippen molar-refractivity contribution >= 4 is 5.57 Å². The molecule has 2 aliphatic rings. The highest BCUT2D eigenvalue weighted by Crippen LogP contribution is 2.44. The molecule has 2 aromatic rings. The van der Waals surface area contributed by atoms with E-state index in [1.807, 2.05) is 36.4 Å². The first-order valence-corrected chi connectivity index (χ1v) is 9.58. The Balaban J connectivity index is 0.00000210. The van der Waals surface area contributed by atoms with Gasteiger partial charge in [-0.2, -0.15) is 0 Å². The summed E-state index contributed by atoms with van der Waals surface area (Å²) < 4.78 is 1.15. The predicted octanol–water partition coefficient (Wildman–Crippen LogP) is 1.55. The van der Waals surface area contributed by atoms with Crippen molar-refractivity contribution in [2.75, 3.05) is 14.1 Å². The second-order valence-corrected chi connectivity index (χ2v) is 8.36. The third kappa shape index (κ3) is 3.65. The van der Waals surface area contributed by atoms with Gasteiger partial charge >= 0.3 is 0 Å². The molecule has 0 aliphatic carbocycles. The molecular weight excluding hydrogens is 402 g/mol. The molecular formula is C23H28BrNO2. The Hall–Kier alpha value is -1.78. The molecule has 0 radical (unpaired) electrons. The van der Waals surface area contributed by atoms with E-state index in [0.717, 1.165) is 21.2 Å². The van der Waals surface area contributed by atoms with Crippen LogP contribution in [-0.4, -0.2) is 40.9 Å². The minimum Gasteiger partial charge on any atom is -1.00 e. The van der Waals surface area contributed by atoms with Crippen LogP contribution >= 0.6 is 0 Å². The van der Waals surface area contributed by atoms with Gasteiger partial charge in [-0.05, 0) is 23.6 Å². The van der Waals surface area contributed by atoms with E-state index in [1.54, 1.807) is 12.1 Å². The van der Waals surface area contributed by atoms with Crippen molar-refractivity contribution in [3.8, 4) is 11.5 Å². The molecule has 0 aromatic heterocycles. The molecule has 144 valence electrons. The van der Waals surface area contributed by atoms with Gasteiger partial charge in [0.05, 0.1) is 26.2 Å². The number of phenolic OH excluding ortho intramolecular Hbond substituents is 2. The van der Waals surface area contributed by atoms with Gasteiger partial charge in [-0.3, -0.25) is 0 Å². The fourth-order valence-corrected chi connectivity index (χ4v) is 5.02. The number of nitrogens with zero attached hydrogens (tertiary/aromatic N) is 1. The van der Waals surface area contributed by atoms with E-state index >= 15 is 0 Å². The maximum Gasteiger partial charge on any atom is 0.123 e. The Kier molecular flexibility index (Phi) is 5.68. The summed E-state index contributed by atoms with van der Waals surface area (Å²) in [5, 5.41) is 20.9. The lowest BCUT2D eigenvalue weighted by molar-refractivity contribution is -0.931. The Morgan fingerprint density at radius 1 is 0.852 bits per heavy atom. The van der Waals surface area contributed by atoms with Crippen molar-refractivity contribution in [3.63, 3.8) is 0 Å². The first-order chi connectivity index (χ1) is 12.5. The second kappa shape index (κ2) is 7.69. The quantitative estimate of drug-likeness (QED) is 0.726. The van der Waals surface area contributed by atoms with Crippen LogP contribution in [0.25, 0.3) is 5.57 Å². The van der Waals surface area contributed by atoms with Crippen LogP contribution in [0.4, 0.5) is 0 Å². The third-order valence-electron chi connectivity index (χ3n) is 6.66. The maximum atomic E-state index is 10.4. The summed E-state index contributed by atoms with van der Waals surface area (Å²) in [7, 11) is 4.74. The lowest BCUT2D eigenvalue weighted by Crippen LogP contribution is -3.00. The molecule has 0 spiro atoms. The molecule has 2 saturated heterocycles. The first kappa shape index (κ1) is 20.0. The second-order valence-electron chi connectivity index (χ2n) is 8.36. The number of allylic oxidation sites excluding steroid dienone is 1. The zero-order valence-corrected chi connectivity index (χ0v) is 17.6. The zero-order chi connectivity index (χ0) is 18.3. The van der Waals surface area contributed by atoms with E-state index < -0.39 is 0 Å². The highest BCUT2D eigenvalue weighted by molar-refractivity contribution is 5.85. The van der Waals surface area contributed by atoms with Crippen molar-refractivity contribution in [1.82, 2.24) is 0 Å². The molecule has 2 aromatic carbocycles. The molecule has 3 atom stereocenters. The van der Waals surface area contributed by atoms with E-state index in [-0.39, 0.29) is 28.5 Å². The normalized spacial score (nSPS) is 25.5. The summed E-state index contributed by atoms with van der Waals surface area (Å²) in [5.41, 5.74) is 2.53. The molecule has 3 nitrogen and oxygen atoms in total. The van der Waals surface area contributed by atoms with E-state index in [4.69, 9.17) is 0 Å². The Morgan fingerprint density at radius 2 is 1.30 bits per heavy atom. The van der Waals surface area contributed by atoms with Gasteiger partial charge in [-0.15, -0.1) is 0 Å². The van der Waals surface area contributed by atoms with Gasteiger partial charge in [0.1, 0.15) is 11.5 Å². The molecule has 4 rings (SSSR count). The van der Waals surface area contributed by atoms with Crippen molar-refractivity contribution < 1.29 is 31.7 Å². The first-order valence-electron chi connectivity index (χ1n) is 9.58. The number of piperidine rings is 1. The number of aromatic hydroxyl groups is 2. The molecule has 2 N–H and O–H groups in total. The van der Waals surface area contributed by atoms with Crippen LogP contribution in [0, 0.1) is 5.92 Å². The van der Waals surface area contributed by atoms with Crippen LogP contribution < -0.4 is 17.0 Å². The average molecular weight is 430 g/mol. The number of phenols is 2. The van der Waals surface area contributed by atoms with E-state index in [1.165, 1.54) is 25.7 Å². The van der Waals surface area contributed by atoms with Crippen molar-refractivity contribution in [3.05, 3.63) is 65.7 Å². The highest BCUT2D eigenvalue weighted by atomic mass is 79.9. The van der Waals surface area contributed by atoms with Crippen LogP contribution in [0.5, 0.6) is 11.5 Å². The summed E-state index contributed by atoms with van der Waals surface area (Å²) in [5.74, 6) is 1.00. The smallest absolute Gasteiger partial charge is 0.123 e. The van der Waals surface area contributed by atoms with Crippen LogP contribution in [0.3, 0.4) is 0 Å². The molecule has 4 heteroatoms. The fraction of sp³-hybridized carbons (Fsp3) is 0.391. The summed E-state index contributed by atoms with van der Waals surface area (Å²) in [6.45, 7) is 0. The lowest BCUT2D eigenvalue weighted by atomic mass is 9.85. The summed E-state index contributed by atoms with van der Waals surface area (Å²) in [6.07, 6.45) is 7.27. The third-order valence-corrected chi connectivity index (χ3v) is 6.66. The van der Waals surface area contributed by atoms with Gasteiger partial charge < -0.3 is 31.7 Å². The number of rotatable bonds is 3. The van der Waals surface area contributed by atoms with Crippen LogP contribution in [-0.2, 0) is 0 Å². The number of hydrogen-bond donors (Lipinski definition) is 2. The molecule has 27 heavy (non-hydrogen) atoms. The van der Waals surface area contributed by atoms with Gasteiger partial charge in [-0.1, -0.05) is 42.5 Å². The zero-order valence-electron chi connectivity index (χ0n) is 16.0. The van der Waals surface area contributed by atoms with Crippen LogP contribution in [0.2, 0.25) is 0 Å². The lowest BCUT2D eigenvalue weighted by Gasteiger charge is -2.44. The van der Waals surface area contributed by atoms with Gasteiger partial charge in [0.25, 0.3) is 0 Å². The SMILES string of the molecule is C[N+]1(C)[C@@H]2CC[C@H]1C[C@@H](C=C(c1ccccc1O)c1ccccc1O)C2.[Br-]. The number of benzene rings is 2. The van der Waals surface area contributed by atoms with Crippen molar-refractivity contribution in [2.45, 2.75) is 37.8 Å². The highest BCUT2D eigenvalue weighted by Gasteiger charge is 2.48. The summed E-state index contributed by atoms with van der Waals surface area (Å²) in [4.78, 5) is 0. The fourth-order valence-electron chi connectivity index (χ4n) is 5.02. The molecule has 0 unspecified atom stereocenters. The topological polar surface area (TPSA) is 40.5 Å². The molecule has 2 fully saturated rings. The minimum absolute atomic E-state index is 0. The van der Waals surface area contributed by atoms with E-state index in [0.29, 0.717) is 18.0 Å². The summed E-state index contributed by atoms with van der Waals surface area (Å²) in [6, 6.07) is 16.3. The average Bonchev–Trinajstić information content (AvgIpc) is 2.78. The van der Waals surface area contributed by atoms with Crippen molar-refractivity contribution in [1.29, 1.82) is 0 Å². The van der Waals surface area contributed by atoms with Crippen LogP contribution in [0.1, 0.15) is 36.8 Å². The number of hydrogen-bond acceptors (Lipinski definition) is 2. The monoisotopic (exact) mass is 429 g/mol. The Morgan fingerprint density at radius 3 is 1.74 bits per heavy atom. The number of quaternary nitrogens is 1. The number of halogens is 1. The molecule has 0 saturated carbocycles. The van der Waals surface area contributed by atoms with Gasteiger partial charge in [0.15, 0.2) is 0 Å². The van der Waals surface area contributed by atoms with Gasteiger partial charge in [0.2, 0.25) is 0 Å². The predicted molar refractivity (Wildman–Crippen MR) is 105 cm³/mol. The molecule has 2 heterocycles. The molecule has 0 amide bonds. The standard InChI is InChI=1S/C23H27NO2.BrH/c1-24(2)17-11-12-18(24)14-16(13-17)15-21(19-7-3-5-9-22(19)25)20-8-4-6-10-23(20)26;/h3-10,15-18H,11-14H2,1-2H3,(H-,25,26);1H/t16-,17+,18-;.